The second-order valence-corrected chi connectivity index (χ2v) is 7.54. The summed E-state index contributed by atoms with van der Waals surface area (Å²) in [5, 5.41) is 7.48. The van der Waals surface area contributed by atoms with Crippen molar-refractivity contribution in [3.8, 4) is 0 Å². The quantitative estimate of drug-likeness (QED) is 0.880. The number of aryl methyl sites for hydroxylation is 1. The highest BCUT2D eigenvalue weighted by Gasteiger charge is 2.27. The van der Waals surface area contributed by atoms with Crippen LogP contribution in [0, 0.1) is 11.8 Å². The zero-order chi connectivity index (χ0) is 17.8. The van der Waals surface area contributed by atoms with Crippen molar-refractivity contribution in [3.63, 3.8) is 0 Å². The van der Waals surface area contributed by atoms with Gasteiger partial charge in [-0.1, -0.05) is 13.3 Å². The van der Waals surface area contributed by atoms with E-state index in [1.165, 1.54) is 4.68 Å². The molecule has 0 aliphatic heterocycles. The van der Waals surface area contributed by atoms with Gasteiger partial charge in [0.15, 0.2) is 0 Å². The molecular formula is C19H29N3O3. The fourth-order valence-electron chi connectivity index (χ4n) is 4.00. The molecule has 25 heavy (non-hydrogen) atoms. The first-order valence-corrected chi connectivity index (χ1v) is 9.47. The Kier molecular flexibility index (Phi) is 5.89. The molecule has 0 radical (unpaired) electrons. The minimum atomic E-state index is -0.0702. The number of hydrogen-bond acceptors (Lipinski definition) is 4. The van der Waals surface area contributed by atoms with E-state index in [2.05, 4.69) is 17.3 Å². The van der Waals surface area contributed by atoms with Gasteiger partial charge in [-0.15, -0.1) is 0 Å². The highest BCUT2D eigenvalue weighted by molar-refractivity contribution is 5.78. The molecule has 3 atom stereocenters. The maximum atomic E-state index is 12.3. The Hall–Kier alpha value is -1.69. The fourth-order valence-corrected chi connectivity index (χ4v) is 4.00. The zero-order valence-corrected chi connectivity index (χ0v) is 15.3. The Labute approximate surface area is 148 Å². The smallest absolute Gasteiger partial charge is 0.267 e. The Balaban J connectivity index is 1.54. The second kappa shape index (κ2) is 8.13. The highest BCUT2D eigenvalue weighted by Crippen LogP contribution is 2.26. The Morgan fingerprint density at radius 1 is 1.40 bits per heavy atom. The molecule has 1 amide bonds. The molecule has 2 aliphatic carbocycles. The molecule has 1 fully saturated rings. The van der Waals surface area contributed by atoms with Gasteiger partial charge in [0.25, 0.3) is 5.56 Å². The third-order valence-corrected chi connectivity index (χ3v) is 5.56. The molecule has 0 spiro atoms. The molecule has 138 valence electrons. The zero-order valence-electron chi connectivity index (χ0n) is 15.3. The van der Waals surface area contributed by atoms with Crippen molar-refractivity contribution < 1.29 is 9.53 Å². The van der Waals surface area contributed by atoms with Crippen molar-refractivity contribution in [1.82, 2.24) is 15.1 Å². The monoisotopic (exact) mass is 347 g/mol. The van der Waals surface area contributed by atoms with Crippen LogP contribution in [-0.4, -0.2) is 35.4 Å². The standard InChI is InChI=1S/C19H29N3O3/c1-13-6-7-17-15(10-13)12-18(23)22(21-17)9-8-20-19(24)14-4-3-5-16(11-14)25-2/h12-14,16H,3-11H2,1-2H3,(H,20,24). The van der Waals surface area contributed by atoms with Crippen LogP contribution in [0.3, 0.4) is 0 Å². The lowest BCUT2D eigenvalue weighted by molar-refractivity contribution is -0.127. The molecule has 3 unspecified atom stereocenters. The summed E-state index contributed by atoms with van der Waals surface area (Å²) >= 11 is 0. The van der Waals surface area contributed by atoms with E-state index in [1.54, 1.807) is 13.2 Å². The van der Waals surface area contributed by atoms with Crippen LogP contribution in [0.15, 0.2) is 10.9 Å². The van der Waals surface area contributed by atoms with Crippen LogP contribution in [0.1, 0.15) is 50.3 Å². The summed E-state index contributed by atoms with van der Waals surface area (Å²) in [6.45, 7) is 3.08. The average Bonchev–Trinajstić information content (AvgIpc) is 2.62. The molecule has 1 aromatic heterocycles. The number of aromatic nitrogens is 2. The predicted octanol–water partition coefficient (Wildman–Crippen LogP) is 1.69. The van der Waals surface area contributed by atoms with Gasteiger partial charge in [-0.2, -0.15) is 5.10 Å². The Morgan fingerprint density at radius 3 is 3.04 bits per heavy atom. The minimum absolute atomic E-state index is 0.0217. The molecule has 3 rings (SSSR count). The van der Waals surface area contributed by atoms with Gasteiger partial charge in [0.2, 0.25) is 5.91 Å². The van der Waals surface area contributed by atoms with Crippen LogP contribution in [0.25, 0.3) is 0 Å². The van der Waals surface area contributed by atoms with Crippen molar-refractivity contribution >= 4 is 5.91 Å². The van der Waals surface area contributed by atoms with E-state index in [4.69, 9.17) is 4.74 Å². The van der Waals surface area contributed by atoms with Crippen molar-refractivity contribution in [2.24, 2.45) is 11.8 Å². The summed E-state index contributed by atoms with van der Waals surface area (Å²) < 4.78 is 6.88. The van der Waals surface area contributed by atoms with E-state index in [-0.39, 0.29) is 23.5 Å². The van der Waals surface area contributed by atoms with Gasteiger partial charge >= 0.3 is 0 Å². The van der Waals surface area contributed by atoms with Crippen LogP contribution in [-0.2, 0) is 28.9 Å². The third kappa shape index (κ3) is 4.48. The normalized spacial score (nSPS) is 26.1. The van der Waals surface area contributed by atoms with Gasteiger partial charge in [0.05, 0.1) is 18.3 Å². The van der Waals surface area contributed by atoms with E-state index in [0.717, 1.165) is 56.2 Å². The van der Waals surface area contributed by atoms with Gasteiger partial charge in [0.1, 0.15) is 0 Å². The van der Waals surface area contributed by atoms with Crippen molar-refractivity contribution in [2.75, 3.05) is 13.7 Å². The van der Waals surface area contributed by atoms with Crippen molar-refractivity contribution in [3.05, 3.63) is 27.7 Å². The molecule has 0 aromatic carbocycles. The third-order valence-electron chi connectivity index (χ3n) is 5.56. The largest absolute Gasteiger partial charge is 0.381 e. The van der Waals surface area contributed by atoms with E-state index < -0.39 is 0 Å². The number of hydrogen-bond donors (Lipinski definition) is 1. The lowest BCUT2D eigenvalue weighted by Crippen LogP contribution is -2.38. The van der Waals surface area contributed by atoms with Crippen LogP contribution in [0.5, 0.6) is 0 Å². The number of amides is 1. The van der Waals surface area contributed by atoms with E-state index in [1.807, 2.05) is 0 Å². The number of ether oxygens (including phenoxy) is 1. The highest BCUT2D eigenvalue weighted by atomic mass is 16.5. The number of methoxy groups -OCH3 is 1. The second-order valence-electron chi connectivity index (χ2n) is 7.54. The summed E-state index contributed by atoms with van der Waals surface area (Å²) in [5.74, 6) is 0.713. The molecule has 6 nitrogen and oxygen atoms in total. The topological polar surface area (TPSA) is 73.2 Å². The Bertz CT molecular complexity index is 670. The number of nitrogens with zero attached hydrogens (tertiary/aromatic N) is 2. The lowest BCUT2D eigenvalue weighted by atomic mass is 9.86. The maximum absolute atomic E-state index is 12.3. The molecule has 0 saturated heterocycles. The first kappa shape index (κ1) is 18.1. The summed E-state index contributed by atoms with van der Waals surface area (Å²) in [5.41, 5.74) is 2.07. The molecule has 1 N–H and O–H groups in total. The number of fused-ring (bicyclic) bond motifs is 1. The van der Waals surface area contributed by atoms with Crippen LogP contribution in [0.4, 0.5) is 0 Å². The van der Waals surface area contributed by atoms with E-state index >= 15 is 0 Å². The fraction of sp³-hybridized carbons (Fsp3) is 0.737. The van der Waals surface area contributed by atoms with E-state index in [9.17, 15) is 9.59 Å². The van der Waals surface area contributed by atoms with E-state index in [0.29, 0.717) is 19.0 Å². The number of rotatable bonds is 5. The van der Waals surface area contributed by atoms with Crippen LogP contribution < -0.4 is 10.9 Å². The molecule has 1 heterocycles. The first-order valence-electron chi connectivity index (χ1n) is 9.47. The summed E-state index contributed by atoms with van der Waals surface area (Å²) in [7, 11) is 1.71. The number of carbonyl (C=O) groups is 1. The van der Waals surface area contributed by atoms with Crippen molar-refractivity contribution in [2.45, 2.75) is 64.5 Å². The maximum Gasteiger partial charge on any atom is 0.267 e. The van der Waals surface area contributed by atoms with Crippen molar-refractivity contribution in [1.29, 1.82) is 0 Å². The summed E-state index contributed by atoms with van der Waals surface area (Å²) in [6.07, 6.45) is 6.96. The first-order chi connectivity index (χ1) is 12.1. The van der Waals surface area contributed by atoms with Crippen LogP contribution >= 0.6 is 0 Å². The summed E-state index contributed by atoms with van der Waals surface area (Å²) in [6, 6.07) is 1.73. The molecule has 2 aliphatic rings. The van der Waals surface area contributed by atoms with Crippen LogP contribution in [0.2, 0.25) is 0 Å². The average molecular weight is 347 g/mol. The molecule has 0 bridgehead atoms. The predicted molar refractivity (Wildman–Crippen MR) is 95.5 cm³/mol. The van der Waals surface area contributed by atoms with Gasteiger partial charge < -0.3 is 10.1 Å². The number of nitrogens with one attached hydrogen (secondary N) is 1. The lowest BCUT2D eigenvalue weighted by Gasteiger charge is -2.27. The SMILES string of the molecule is COC1CCCC(C(=O)NCCn2nc3c(cc2=O)CC(C)CC3)C1. The molecule has 6 heteroatoms. The van der Waals surface area contributed by atoms with Gasteiger partial charge in [-0.25, -0.2) is 4.68 Å². The van der Waals surface area contributed by atoms with Gasteiger partial charge in [0, 0.05) is 25.6 Å². The Morgan fingerprint density at radius 2 is 2.24 bits per heavy atom. The summed E-state index contributed by atoms with van der Waals surface area (Å²) in [4.78, 5) is 24.6. The van der Waals surface area contributed by atoms with Gasteiger partial charge in [-0.05, 0) is 50.0 Å². The van der Waals surface area contributed by atoms with Gasteiger partial charge in [-0.3, -0.25) is 9.59 Å². The molecule has 1 saturated carbocycles. The number of carbonyl (C=O) groups excluding carboxylic acids is 1. The molecule has 1 aromatic rings. The molecular weight excluding hydrogens is 318 g/mol. The minimum Gasteiger partial charge on any atom is -0.381 e.